The summed E-state index contributed by atoms with van der Waals surface area (Å²) in [5.74, 6) is 5.24. The van der Waals surface area contributed by atoms with Crippen molar-refractivity contribution in [1.82, 2.24) is 5.32 Å². The number of rotatable bonds is 9. The molecule has 0 bridgehead atoms. The van der Waals surface area contributed by atoms with E-state index in [4.69, 9.17) is 4.74 Å². The summed E-state index contributed by atoms with van der Waals surface area (Å²) in [5, 5.41) is 2.94. The van der Waals surface area contributed by atoms with Crippen LogP contribution in [-0.4, -0.2) is 18.7 Å². The minimum Gasteiger partial charge on any atom is -0.446 e. The molecular weight excluding hydrogens is 430 g/mol. The number of carbonyl (C=O) groups excluding carboxylic acids is 1. The average Bonchev–Trinajstić information content (AvgIpc) is 3.16. The minimum atomic E-state index is -0.214. The Hall–Kier alpha value is -0.990. The van der Waals surface area contributed by atoms with E-state index in [0.717, 1.165) is 67.7 Å². The molecule has 0 unspecified atom stereocenters. The molecule has 0 saturated heterocycles. The molecule has 1 N–H and O–H groups in total. The summed E-state index contributed by atoms with van der Waals surface area (Å²) in [6, 6.07) is 0. The molecule has 0 aliphatic heterocycles. The van der Waals surface area contributed by atoms with Crippen molar-refractivity contribution < 1.29 is 9.53 Å². The summed E-state index contributed by atoms with van der Waals surface area (Å²) in [5.41, 5.74) is 2.48. The predicted octanol–water partition coefficient (Wildman–Crippen LogP) is 8.92. The van der Waals surface area contributed by atoms with Gasteiger partial charge >= 0.3 is 6.09 Å². The number of nitrogens with one attached hydrogen (secondary N) is 1. The van der Waals surface area contributed by atoms with Crippen LogP contribution < -0.4 is 5.32 Å². The first-order valence-corrected chi connectivity index (χ1v) is 15.3. The maximum atomic E-state index is 12.2. The number of fused-ring (bicyclic) bond motifs is 5. The van der Waals surface area contributed by atoms with Crippen molar-refractivity contribution in [2.24, 2.45) is 46.3 Å². The second-order valence-corrected chi connectivity index (χ2v) is 13.8. The zero-order chi connectivity index (χ0) is 25.2. The number of ether oxygens (including phenoxy) is 1. The van der Waals surface area contributed by atoms with E-state index in [1.807, 2.05) is 0 Å². The second kappa shape index (κ2) is 11.2. The number of carbonyl (C=O) groups is 1. The van der Waals surface area contributed by atoms with Gasteiger partial charge in [-0.15, -0.1) is 0 Å². The third-order valence-corrected chi connectivity index (χ3v) is 11.3. The lowest BCUT2D eigenvalue weighted by Crippen LogP contribution is -2.51. The summed E-state index contributed by atoms with van der Waals surface area (Å²) >= 11 is 0. The molecule has 200 valence electrons. The Bertz CT molecular complexity index is 759. The van der Waals surface area contributed by atoms with Crippen LogP contribution in [0.4, 0.5) is 4.79 Å². The van der Waals surface area contributed by atoms with Crippen LogP contribution in [0, 0.1) is 46.3 Å². The maximum absolute atomic E-state index is 12.2. The van der Waals surface area contributed by atoms with Crippen molar-refractivity contribution in [2.75, 3.05) is 6.54 Å². The van der Waals surface area contributed by atoms with Gasteiger partial charge < -0.3 is 10.1 Å². The minimum absolute atomic E-state index is 0.0592. The molecular formula is C32H55NO2. The number of hydrogen-bond acceptors (Lipinski definition) is 2. The molecule has 8 atom stereocenters. The largest absolute Gasteiger partial charge is 0.446 e. The van der Waals surface area contributed by atoms with E-state index >= 15 is 0 Å². The zero-order valence-corrected chi connectivity index (χ0v) is 23.8. The number of amides is 1. The summed E-state index contributed by atoms with van der Waals surface area (Å²) in [7, 11) is 0. The van der Waals surface area contributed by atoms with Crippen molar-refractivity contribution >= 4 is 6.09 Å². The standard InChI is InChI=1S/C32H55NO2/c1-7-8-20-33-30(34)35-25-16-18-31(5)24(21-25)12-13-26-28-15-14-27(23(4)11-9-10-22(2)3)32(28,6)19-17-29(26)31/h12,22-23,25-29H,7-11,13-21H2,1-6H3,(H,33,34)/t23-,25-,26+,27-,28+,29+,31-,32+/m0/s1. The number of allylic oxidation sites excluding steroid dienone is 1. The highest BCUT2D eigenvalue weighted by Gasteiger charge is 2.59. The van der Waals surface area contributed by atoms with Crippen molar-refractivity contribution in [3.05, 3.63) is 11.6 Å². The van der Waals surface area contributed by atoms with Crippen LogP contribution in [-0.2, 0) is 4.74 Å². The quantitative estimate of drug-likeness (QED) is 0.261. The van der Waals surface area contributed by atoms with Gasteiger partial charge in [-0.25, -0.2) is 4.79 Å². The van der Waals surface area contributed by atoms with Gasteiger partial charge in [0.2, 0.25) is 0 Å². The van der Waals surface area contributed by atoms with Gasteiger partial charge in [0.05, 0.1) is 0 Å². The van der Waals surface area contributed by atoms with Crippen LogP contribution in [0.5, 0.6) is 0 Å². The van der Waals surface area contributed by atoms with E-state index < -0.39 is 0 Å². The molecule has 3 fully saturated rings. The summed E-state index contributed by atoms with van der Waals surface area (Å²) in [4.78, 5) is 12.2. The Kier molecular flexibility index (Phi) is 8.64. The molecule has 0 aromatic heterocycles. The van der Waals surface area contributed by atoms with E-state index in [9.17, 15) is 4.79 Å². The highest BCUT2D eigenvalue weighted by atomic mass is 16.6. The Morgan fingerprint density at radius 3 is 2.60 bits per heavy atom. The van der Waals surface area contributed by atoms with Gasteiger partial charge in [0, 0.05) is 13.0 Å². The second-order valence-electron chi connectivity index (χ2n) is 13.8. The fraction of sp³-hybridized carbons (Fsp3) is 0.906. The normalized spacial score (nSPS) is 39.3. The SMILES string of the molecule is CCCCNC(=O)O[C@H]1CC[C@@]2(C)C(=CC[C@@H]3[C@H]4CC[C@@H]([C@@H](C)CCCC(C)C)[C@@]4(C)CC[C@H]32)C1. The maximum Gasteiger partial charge on any atom is 0.407 e. The van der Waals surface area contributed by atoms with Crippen molar-refractivity contribution in [1.29, 1.82) is 0 Å². The lowest BCUT2D eigenvalue weighted by molar-refractivity contribution is -0.0581. The first-order valence-electron chi connectivity index (χ1n) is 15.3. The predicted molar refractivity (Wildman–Crippen MR) is 146 cm³/mol. The third kappa shape index (κ3) is 5.49. The van der Waals surface area contributed by atoms with Crippen molar-refractivity contribution in [3.8, 4) is 0 Å². The van der Waals surface area contributed by atoms with E-state index in [-0.39, 0.29) is 12.2 Å². The molecule has 3 nitrogen and oxygen atoms in total. The van der Waals surface area contributed by atoms with Crippen molar-refractivity contribution in [3.63, 3.8) is 0 Å². The number of unbranched alkanes of at least 4 members (excludes halogenated alkanes) is 1. The summed E-state index contributed by atoms with van der Waals surface area (Å²) in [6.45, 7) is 15.4. The zero-order valence-electron chi connectivity index (χ0n) is 23.8. The van der Waals surface area contributed by atoms with Crippen LogP contribution in [0.25, 0.3) is 0 Å². The fourth-order valence-corrected chi connectivity index (χ4v) is 9.31. The van der Waals surface area contributed by atoms with E-state index in [1.54, 1.807) is 5.57 Å². The molecule has 0 spiro atoms. The fourth-order valence-electron chi connectivity index (χ4n) is 9.31. The van der Waals surface area contributed by atoms with Gasteiger partial charge in [-0.05, 0) is 97.7 Å². The topological polar surface area (TPSA) is 38.3 Å². The molecule has 3 heteroatoms. The van der Waals surface area contributed by atoms with Crippen LogP contribution in [0.15, 0.2) is 11.6 Å². The van der Waals surface area contributed by atoms with Crippen LogP contribution in [0.2, 0.25) is 0 Å². The van der Waals surface area contributed by atoms with Gasteiger partial charge in [-0.1, -0.05) is 78.9 Å². The molecule has 4 rings (SSSR count). The molecule has 4 aliphatic carbocycles. The molecule has 0 heterocycles. The highest BCUT2D eigenvalue weighted by Crippen LogP contribution is 2.67. The summed E-state index contributed by atoms with van der Waals surface area (Å²) < 4.78 is 5.85. The van der Waals surface area contributed by atoms with Crippen LogP contribution in [0.1, 0.15) is 125 Å². The van der Waals surface area contributed by atoms with E-state index in [0.29, 0.717) is 10.8 Å². The number of hydrogen-bond donors (Lipinski definition) is 1. The Morgan fingerprint density at radius 2 is 1.86 bits per heavy atom. The van der Waals surface area contributed by atoms with Gasteiger partial charge in [0.25, 0.3) is 0 Å². The van der Waals surface area contributed by atoms with Crippen LogP contribution >= 0.6 is 0 Å². The molecule has 3 saturated carbocycles. The molecule has 1 amide bonds. The molecule has 0 aromatic carbocycles. The smallest absolute Gasteiger partial charge is 0.407 e. The molecule has 0 radical (unpaired) electrons. The first-order chi connectivity index (χ1) is 16.7. The van der Waals surface area contributed by atoms with Crippen molar-refractivity contribution in [2.45, 2.75) is 131 Å². The number of alkyl carbamates (subject to hydrolysis) is 1. The lowest BCUT2D eigenvalue weighted by Gasteiger charge is -2.58. The summed E-state index contributed by atoms with van der Waals surface area (Å²) in [6.07, 6.45) is 19.0. The van der Waals surface area contributed by atoms with Gasteiger partial charge in [-0.2, -0.15) is 0 Å². The van der Waals surface area contributed by atoms with Gasteiger partial charge in [-0.3, -0.25) is 0 Å². The first kappa shape index (κ1) is 27.1. The Morgan fingerprint density at radius 1 is 1.06 bits per heavy atom. The van der Waals surface area contributed by atoms with Crippen LogP contribution in [0.3, 0.4) is 0 Å². The van der Waals surface area contributed by atoms with E-state index in [2.05, 4.69) is 52.9 Å². The van der Waals surface area contributed by atoms with Gasteiger partial charge in [0.1, 0.15) is 6.10 Å². The Labute approximate surface area is 216 Å². The average molecular weight is 486 g/mol. The lowest BCUT2D eigenvalue weighted by atomic mass is 9.47. The Balaban J connectivity index is 1.39. The molecule has 0 aromatic rings. The monoisotopic (exact) mass is 485 g/mol. The molecule has 4 aliphatic rings. The highest BCUT2D eigenvalue weighted by molar-refractivity contribution is 5.67. The molecule has 35 heavy (non-hydrogen) atoms. The van der Waals surface area contributed by atoms with E-state index in [1.165, 1.54) is 57.8 Å². The third-order valence-electron chi connectivity index (χ3n) is 11.3. The van der Waals surface area contributed by atoms with Gasteiger partial charge in [0.15, 0.2) is 0 Å².